The van der Waals surface area contributed by atoms with E-state index in [-0.39, 0.29) is 6.04 Å². The number of halogens is 2. The van der Waals surface area contributed by atoms with Gasteiger partial charge in [0.2, 0.25) is 0 Å². The van der Waals surface area contributed by atoms with Crippen LogP contribution in [-0.4, -0.2) is 44.6 Å². The number of aliphatic hydroxyl groups is 1. The number of aromatic nitrogens is 3. The van der Waals surface area contributed by atoms with Crippen LogP contribution in [0.1, 0.15) is 37.6 Å². The first kappa shape index (κ1) is 17.0. The maximum Gasteiger partial charge on any atom is 0.159 e. The van der Waals surface area contributed by atoms with Crippen molar-refractivity contribution < 1.29 is 13.9 Å². The number of β-amino-alcohol motifs (C(OH)–C–C–N with tert-alkyl or cyclic N) is 1. The van der Waals surface area contributed by atoms with Gasteiger partial charge in [0.15, 0.2) is 11.6 Å². The first-order valence-electron chi connectivity index (χ1n) is 8.18. The summed E-state index contributed by atoms with van der Waals surface area (Å²) in [6.45, 7) is 5.88. The van der Waals surface area contributed by atoms with E-state index in [9.17, 15) is 13.9 Å². The first-order valence-corrected chi connectivity index (χ1v) is 8.18. The van der Waals surface area contributed by atoms with Crippen molar-refractivity contribution >= 4 is 0 Å². The van der Waals surface area contributed by atoms with Crippen LogP contribution in [0, 0.1) is 11.6 Å². The topological polar surface area (TPSA) is 54.2 Å². The van der Waals surface area contributed by atoms with Crippen molar-refractivity contribution in [3.63, 3.8) is 0 Å². The van der Waals surface area contributed by atoms with Gasteiger partial charge in [-0.15, -0.1) is 5.10 Å². The van der Waals surface area contributed by atoms with E-state index >= 15 is 0 Å². The van der Waals surface area contributed by atoms with Gasteiger partial charge in [0.1, 0.15) is 11.3 Å². The van der Waals surface area contributed by atoms with Crippen molar-refractivity contribution in [3.05, 3.63) is 47.3 Å². The number of likely N-dealkylation sites (tertiary alicyclic amines) is 1. The molecule has 0 saturated carbocycles. The lowest BCUT2D eigenvalue weighted by Gasteiger charge is -2.21. The zero-order chi connectivity index (χ0) is 17.3. The van der Waals surface area contributed by atoms with Crippen LogP contribution in [0.25, 0.3) is 0 Å². The van der Waals surface area contributed by atoms with Gasteiger partial charge in [0.25, 0.3) is 0 Å². The highest BCUT2D eigenvalue weighted by atomic mass is 19.2. The van der Waals surface area contributed by atoms with Crippen molar-refractivity contribution in [3.8, 4) is 0 Å². The number of hydrogen-bond donors (Lipinski definition) is 1. The molecule has 130 valence electrons. The van der Waals surface area contributed by atoms with Gasteiger partial charge in [-0.25, -0.2) is 13.5 Å². The molecule has 1 aliphatic rings. The summed E-state index contributed by atoms with van der Waals surface area (Å²) in [5.74, 6) is -1.65. The lowest BCUT2D eigenvalue weighted by Crippen LogP contribution is -2.32. The SMILES string of the molecule is CC(C)n1cc([C@@]2(O)CCN(CCc3ccc(F)c(F)c3)C2)nn1. The maximum absolute atomic E-state index is 13.2. The molecular weight excluding hydrogens is 314 g/mol. The summed E-state index contributed by atoms with van der Waals surface area (Å²) in [5, 5.41) is 19.0. The van der Waals surface area contributed by atoms with E-state index in [2.05, 4.69) is 15.2 Å². The molecule has 1 aromatic heterocycles. The predicted octanol–water partition coefficient (Wildman–Crippen LogP) is 2.27. The van der Waals surface area contributed by atoms with E-state index in [0.29, 0.717) is 31.6 Å². The third-order valence-electron chi connectivity index (χ3n) is 4.54. The molecule has 1 aliphatic heterocycles. The molecular formula is C17H22F2N4O. The fraction of sp³-hybridized carbons (Fsp3) is 0.529. The summed E-state index contributed by atoms with van der Waals surface area (Å²) < 4.78 is 27.9. The molecule has 3 rings (SSSR count). The number of benzene rings is 1. The molecule has 1 N–H and O–H groups in total. The van der Waals surface area contributed by atoms with Crippen LogP contribution in [0.5, 0.6) is 0 Å². The molecule has 1 saturated heterocycles. The molecule has 1 atom stereocenters. The third kappa shape index (κ3) is 3.47. The average molecular weight is 336 g/mol. The van der Waals surface area contributed by atoms with E-state index in [0.717, 1.165) is 18.2 Å². The maximum atomic E-state index is 13.2. The average Bonchev–Trinajstić information content (AvgIpc) is 3.16. The standard InChI is InChI=1S/C17H22F2N4O/c1-12(2)23-10-16(20-21-23)17(24)6-8-22(11-17)7-5-13-3-4-14(18)15(19)9-13/h3-4,9-10,12,24H,5-8,11H2,1-2H3/t17-/m1/s1. The minimum Gasteiger partial charge on any atom is -0.382 e. The Morgan fingerprint density at radius 3 is 2.75 bits per heavy atom. The van der Waals surface area contributed by atoms with Gasteiger partial charge in [-0.3, -0.25) is 4.90 Å². The smallest absolute Gasteiger partial charge is 0.159 e. The highest BCUT2D eigenvalue weighted by Gasteiger charge is 2.39. The van der Waals surface area contributed by atoms with Crippen LogP contribution in [0.4, 0.5) is 8.78 Å². The number of hydrogen-bond acceptors (Lipinski definition) is 4. The summed E-state index contributed by atoms with van der Waals surface area (Å²) in [6.07, 6.45) is 2.98. The molecule has 24 heavy (non-hydrogen) atoms. The fourth-order valence-corrected chi connectivity index (χ4v) is 3.00. The number of nitrogens with zero attached hydrogens (tertiary/aromatic N) is 4. The molecule has 0 unspecified atom stereocenters. The Labute approximate surface area is 139 Å². The summed E-state index contributed by atoms with van der Waals surface area (Å²) in [5.41, 5.74) is 0.336. The summed E-state index contributed by atoms with van der Waals surface area (Å²) >= 11 is 0. The van der Waals surface area contributed by atoms with Gasteiger partial charge < -0.3 is 5.11 Å². The van der Waals surface area contributed by atoms with Crippen LogP contribution in [0.2, 0.25) is 0 Å². The Bertz CT molecular complexity index is 718. The second kappa shape index (κ2) is 6.57. The molecule has 7 heteroatoms. The Balaban J connectivity index is 1.60. The van der Waals surface area contributed by atoms with Crippen molar-refractivity contribution in [1.29, 1.82) is 0 Å². The van der Waals surface area contributed by atoms with E-state index < -0.39 is 17.2 Å². The zero-order valence-electron chi connectivity index (χ0n) is 13.9. The molecule has 1 fully saturated rings. The van der Waals surface area contributed by atoms with Crippen molar-refractivity contribution in [1.82, 2.24) is 19.9 Å². The molecule has 0 bridgehead atoms. The zero-order valence-corrected chi connectivity index (χ0v) is 13.9. The van der Waals surface area contributed by atoms with Crippen molar-refractivity contribution in [2.24, 2.45) is 0 Å². The summed E-state index contributed by atoms with van der Waals surface area (Å²) in [4.78, 5) is 2.11. The predicted molar refractivity (Wildman–Crippen MR) is 85.4 cm³/mol. The van der Waals surface area contributed by atoms with E-state index in [1.165, 1.54) is 6.07 Å². The Kier molecular flexibility index (Phi) is 4.64. The van der Waals surface area contributed by atoms with Gasteiger partial charge >= 0.3 is 0 Å². The highest BCUT2D eigenvalue weighted by molar-refractivity contribution is 5.18. The molecule has 0 spiro atoms. The van der Waals surface area contributed by atoms with E-state index in [4.69, 9.17) is 0 Å². The van der Waals surface area contributed by atoms with Crippen LogP contribution in [-0.2, 0) is 12.0 Å². The third-order valence-corrected chi connectivity index (χ3v) is 4.54. The summed E-state index contributed by atoms with van der Waals surface area (Å²) in [6, 6.07) is 4.16. The molecule has 1 aromatic carbocycles. The minimum atomic E-state index is -0.999. The Morgan fingerprint density at radius 2 is 2.08 bits per heavy atom. The van der Waals surface area contributed by atoms with Crippen molar-refractivity contribution in [2.45, 2.75) is 38.3 Å². The Hall–Kier alpha value is -1.86. The quantitative estimate of drug-likeness (QED) is 0.910. The molecule has 2 heterocycles. The lowest BCUT2D eigenvalue weighted by molar-refractivity contribution is 0.0418. The van der Waals surface area contributed by atoms with Crippen molar-refractivity contribution in [2.75, 3.05) is 19.6 Å². The van der Waals surface area contributed by atoms with E-state index in [1.807, 2.05) is 13.8 Å². The normalized spacial score (nSPS) is 21.8. The van der Waals surface area contributed by atoms with E-state index in [1.54, 1.807) is 16.9 Å². The summed E-state index contributed by atoms with van der Waals surface area (Å²) in [7, 11) is 0. The first-order chi connectivity index (χ1) is 11.4. The largest absolute Gasteiger partial charge is 0.382 e. The van der Waals surface area contributed by atoms with Gasteiger partial charge in [0, 0.05) is 25.7 Å². The molecule has 5 nitrogen and oxygen atoms in total. The van der Waals surface area contributed by atoms with Crippen LogP contribution >= 0.6 is 0 Å². The molecule has 0 amide bonds. The molecule has 2 aromatic rings. The van der Waals surface area contributed by atoms with Crippen LogP contribution < -0.4 is 0 Å². The second-order valence-corrected chi connectivity index (χ2v) is 6.73. The van der Waals surface area contributed by atoms with Crippen LogP contribution in [0.15, 0.2) is 24.4 Å². The Morgan fingerprint density at radius 1 is 1.29 bits per heavy atom. The highest BCUT2D eigenvalue weighted by Crippen LogP contribution is 2.30. The van der Waals surface area contributed by atoms with Crippen LogP contribution in [0.3, 0.4) is 0 Å². The van der Waals surface area contributed by atoms with Gasteiger partial charge in [-0.1, -0.05) is 11.3 Å². The monoisotopic (exact) mass is 336 g/mol. The minimum absolute atomic E-state index is 0.195. The van der Waals surface area contributed by atoms with Gasteiger partial charge in [-0.2, -0.15) is 0 Å². The molecule has 0 radical (unpaired) electrons. The van der Waals surface area contributed by atoms with Gasteiger partial charge in [0.05, 0.1) is 6.20 Å². The fourth-order valence-electron chi connectivity index (χ4n) is 3.00. The second-order valence-electron chi connectivity index (χ2n) is 6.73. The lowest BCUT2D eigenvalue weighted by atomic mass is 10.00. The molecule has 0 aliphatic carbocycles. The number of rotatable bonds is 5. The van der Waals surface area contributed by atoms with Gasteiger partial charge in [-0.05, 0) is 44.4 Å².